The van der Waals surface area contributed by atoms with Crippen LogP contribution in [0, 0.1) is 13.8 Å². The first-order valence-electron chi connectivity index (χ1n) is 4.46. The van der Waals surface area contributed by atoms with Gasteiger partial charge in [0, 0.05) is 5.56 Å². The van der Waals surface area contributed by atoms with Crippen molar-refractivity contribution in [3.05, 3.63) is 40.3 Å². The minimum absolute atomic E-state index is 0.926. The Labute approximate surface area is 91.5 Å². The Hall–Kier alpha value is -1.09. The molecule has 0 aliphatic rings. The number of imidazole rings is 1. The minimum Gasteiger partial charge on any atom is -0.336 e. The molecule has 0 saturated heterocycles. The average molecular weight is 251 g/mol. The third kappa shape index (κ3) is 1.60. The summed E-state index contributed by atoms with van der Waals surface area (Å²) in [5, 5.41) is 0. The zero-order chi connectivity index (χ0) is 10.1. The van der Waals surface area contributed by atoms with Crippen molar-refractivity contribution >= 4 is 15.9 Å². The molecule has 0 amide bonds. The molecule has 0 aliphatic heterocycles. The Bertz CT molecular complexity index is 460. The first-order chi connectivity index (χ1) is 6.68. The fourth-order valence-electron chi connectivity index (χ4n) is 1.48. The molecule has 1 aromatic heterocycles. The molecule has 2 rings (SSSR count). The number of H-pyrrole nitrogens is 1. The van der Waals surface area contributed by atoms with Crippen LogP contribution in [0.15, 0.2) is 28.9 Å². The number of halogens is 1. The van der Waals surface area contributed by atoms with Crippen LogP contribution in [0.2, 0.25) is 0 Å². The summed E-state index contributed by atoms with van der Waals surface area (Å²) in [6.07, 6.45) is 0. The van der Waals surface area contributed by atoms with E-state index in [2.05, 4.69) is 45.0 Å². The molecule has 0 atom stereocenters. The lowest BCUT2D eigenvalue weighted by Crippen LogP contribution is -1.83. The monoisotopic (exact) mass is 250 g/mol. The quantitative estimate of drug-likeness (QED) is 0.826. The second kappa shape index (κ2) is 3.58. The second-order valence-electron chi connectivity index (χ2n) is 3.30. The van der Waals surface area contributed by atoms with Crippen molar-refractivity contribution in [1.29, 1.82) is 0 Å². The number of rotatable bonds is 1. The van der Waals surface area contributed by atoms with E-state index in [9.17, 15) is 0 Å². The van der Waals surface area contributed by atoms with E-state index in [-0.39, 0.29) is 0 Å². The van der Waals surface area contributed by atoms with Crippen LogP contribution in [-0.2, 0) is 0 Å². The first-order valence-corrected chi connectivity index (χ1v) is 5.26. The summed E-state index contributed by atoms with van der Waals surface area (Å²) in [6.45, 7) is 4.04. The summed E-state index contributed by atoms with van der Waals surface area (Å²) in [4.78, 5) is 7.58. The molecule has 0 unspecified atom stereocenters. The van der Waals surface area contributed by atoms with E-state index in [1.807, 2.05) is 19.1 Å². The maximum Gasteiger partial charge on any atom is 0.110 e. The van der Waals surface area contributed by atoms with Crippen LogP contribution < -0.4 is 0 Å². The van der Waals surface area contributed by atoms with Crippen LogP contribution in [0.1, 0.15) is 11.4 Å². The number of nitrogens with zero attached hydrogens (tertiary/aromatic N) is 1. The molecule has 3 heteroatoms. The maximum atomic E-state index is 4.44. The predicted octanol–water partition coefficient (Wildman–Crippen LogP) is 3.46. The summed E-state index contributed by atoms with van der Waals surface area (Å²) < 4.78 is 0.948. The molecule has 2 aromatic rings. The van der Waals surface area contributed by atoms with E-state index < -0.39 is 0 Å². The lowest BCUT2D eigenvalue weighted by molar-refractivity contribution is 1.14. The van der Waals surface area contributed by atoms with Gasteiger partial charge >= 0.3 is 0 Å². The van der Waals surface area contributed by atoms with E-state index in [0.29, 0.717) is 0 Å². The molecule has 0 saturated carbocycles. The van der Waals surface area contributed by atoms with Crippen LogP contribution in [0.4, 0.5) is 0 Å². The highest BCUT2D eigenvalue weighted by Gasteiger charge is 2.09. The lowest BCUT2D eigenvalue weighted by Gasteiger charge is -2.01. The van der Waals surface area contributed by atoms with E-state index in [0.717, 1.165) is 16.1 Å². The summed E-state index contributed by atoms with van der Waals surface area (Å²) in [5.74, 6) is 0.926. The Morgan fingerprint density at radius 1 is 1.21 bits per heavy atom. The lowest BCUT2D eigenvalue weighted by atomic mass is 10.1. The van der Waals surface area contributed by atoms with Crippen LogP contribution in [0.25, 0.3) is 11.3 Å². The molecule has 0 spiro atoms. The van der Waals surface area contributed by atoms with Gasteiger partial charge < -0.3 is 4.98 Å². The van der Waals surface area contributed by atoms with Crippen molar-refractivity contribution in [1.82, 2.24) is 9.97 Å². The summed E-state index contributed by atoms with van der Waals surface area (Å²) in [5.41, 5.74) is 3.39. The SMILES string of the molecule is Cc1nc(-c2ccccc2C)c(Br)[nH]1. The van der Waals surface area contributed by atoms with Crippen molar-refractivity contribution in [2.24, 2.45) is 0 Å². The van der Waals surface area contributed by atoms with Gasteiger partial charge in [0.05, 0.1) is 0 Å². The van der Waals surface area contributed by atoms with Gasteiger partial charge in [0.2, 0.25) is 0 Å². The molecule has 1 N–H and O–H groups in total. The van der Waals surface area contributed by atoms with E-state index >= 15 is 0 Å². The predicted molar refractivity (Wildman–Crippen MR) is 61.2 cm³/mol. The van der Waals surface area contributed by atoms with Crippen molar-refractivity contribution in [2.75, 3.05) is 0 Å². The molecule has 0 aliphatic carbocycles. The largest absolute Gasteiger partial charge is 0.336 e. The molecule has 2 nitrogen and oxygen atoms in total. The van der Waals surface area contributed by atoms with E-state index in [4.69, 9.17) is 0 Å². The normalized spacial score (nSPS) is 10.5. The van der Waals surface area contributed by atoms with Gasteiger partial charge in [0.1, 0.15) is 16.1 Å². The van der Waals surface area contributed by atoms with Gasteiger partial charge in [-0.3, -0.25) is 0 Å². The highest BCUT2D eigenvalue weighted by atomic mass is 79.9. The van der Waals surface area contributed by atoms with Gasteiger partial charge in [-0.15, -0.1) is 0 Å². The molecule has 14 heavy (non-hydrogen) atoms. The summed E-state index contributed by atoms with van der Waals surface area (Å²) >= 11 is 3.47. The summed E-state index contributed by atoms with van der Waals surface area (Å²) in [7, 11) is 0. The first kappa shape index (κ1) is 9.46. The Balaban J connectivity index is 2.60. The third-order valence-corrected chi connectivity index (χ3v) is 2.75. The van der Waals surface area contributed by atoms with Gasteiger partial charge in [-0.1, -0.05) is 24.3 Å². The van der Waals surface area contributed by atoms with Crippen LogP contribution in [-0.4, -0.2) is 9.97 Å². The van der Waals surface area contributed by atoms with Gasteiger partial charge in [-0.25, -0.2) is 4.98 Å². The fraction of sp³-hybridized carbons (Fsp3) is 0.182. The van der Waals surface area contributed by atoms with Crippen molar-refractivity contribution in [3.63, 3.8) is 0 Å². The number of hydrogen-bond acceptors (Lipinski definition) is 1. The molecule has 72 valence electrons. The number of aromatic amines is 1. The number of aromatic nitrogens is 2. The molecular formula is C11H11BrN2. The molecule has 1 heterocycles. The van der Waals surface area contributed by atoms with Gasteiger partial charge in [-0.05, 0) is 35.3 Å². The zero-order valence-electron chi connectivity index (χ0n) is 8.13. The molecule has 0 radical (unpaired) electrons. The molecule has 0 bridgehead atoms. The van der Waals surface area contributed by atoms with Crippen LogP contribution in [0.5, 0.6) is 0 Å². The smallest absolute Gasteiger partial charge is 0.110 e. The second-order valence-corrected chi connectivity index (χ2v) is 4.09. The van der Waals surface area contributed by atoms with E-state index in [1.165, 1.54) is 11.1 Å². The average Bonchev–Trinajstić information content (AvgIpc) is 2.46. The van der Waals surface area contributed by atoms with E-state index in [1.54, 1.807) is 0 Å². The molecular weight excluding hydrogens is 240 g/mol. The Kier molecular flexibility index (Phi) is 2.42. The van der Waals surface area contributed by atoms with Gasteiger partial charge in [0.25, 0.3) is 0 Å². The topological polar surface area (TPSA) is 28.7 Å². The number of nitrogens with one attached hydrogen (secondary N) is 1. The molecule has 1 aromatic carbocycles. The number of hydrogen-bond donors (Lipinski definition) is 1. The highest BCUT2D eigenvalue weighted by molar-refractivity contribution is 9.10. The Morgan fingerprint density at radius 2 is 1.93 bits per heavy atom. The van der Waals surface area contributed by atoms with Crippen molar-refractivity contribution in [3.8, 4) is 11.3 Å². The van der Waals surface area contributed by atoms with Gasteiger partial charge in [0.15, 0.2) is 0 Å². The standard InChI is InChI=1S/C11H11BrN2/c1-7-5-3-4-6-9(7)10-11(12)14-8(2)13-10/h3-6H,1-2H3,(H,13,14). The summed E-state index contributed by atoms with van der Waals surface area (Å²) in [6, 6.07) is 8.23. The maximum absolute atomic E-state index is 4.44. The number of aryl methyl sites for hydroxylation is 2. The van der Waals surface area contributed by atoms with Crippen LogP contribution >= 0.6 is 15.9 Å². The third-order valence-electron chi connectivity index (χ3n) is 2.18. The minimum atomic E-state index is 0.926. The fourth-order valence-corrected chi connectivity index (χ4v) is 2.07. The van der Waals surface area contributed by atoms with Crippen molar-refractivity contribution < 1.29 is 0 Å². The van der Waals surface area contributed by atoms with Gasteiger partial charge in [-0.2, -0.15) is 0 Å². The Morgan fingerprint density at radius 3 is 2.50 bits per heavy atom. The zero-order valence-corrected chi connectivity index (χ0v) is 9.72. The molecule has 0 fully saturated rings. The highest BCUT2D eigenvalue weighted by Crippen LogP contribution is 2.27. The van der Waals surface area contributed by atoms with Crippen molar-refractivity contribution in [2.45, 2.75) is 13.8 Å². The number of benzene rings is 1. The van der Waals surface area contributed by atoms with Crippen LogP contribution in [0.3, 0.4) is 0 Å².